The number of pyridine rings is 1. The molecular weight excluding hydrogens is 212 g/mol. The van der Waals surface area contributed by atoms with Crippen LogP contribution in [0.25, 0.3) is 5.69 Å². The van der Waals surface area contributed by atoms with Crippen molar-refractivity contribution in [1.29, 1.82) is 0 Å². The summed E-state index contributed by atoms with van der Waals surface area (Å²) in [6, 6.07) is 8.26. The smallest absolute Gasteiger partial charge is 0.164 e. The topological polar surface area (TPSA) is 41.9 Å². The fraction of sp³-hybridized carbons (Fsp3) is 0.308. The summed E-state index contributed by atoms with van der Waals surface area (Å²) < 4.78 is 2.19. The molecule has 4 nitrogen and oxygen atoms in total. The van der Waals surface area contributed by atoms with Crippen LogP contribution in [0.1, 0.15) is 26.0 Å². The minimum absolute atomic E-state index is 0.0931. The molecule has 0 fully saturated rings. The molecular formula is C13H16N4. The summed E-state index contributed by atoms with van der Waals surface area (Å²) in [5, 5.41) is 0. The van der Waals surface area contributed by atoms with Gasteiger partial charge < -0.3 is 9.99 Å². The van der Waals surface area contributed by atoms with Crippen LogP contribution >= 0.6 is 0 Å². The van der Waals surface area contributed by atoms with Crippen LogP contribution in [0.2, 0.25) is 0 Å². The third kappa shape index (κ3) is 1.45. The molecule has 0 saturated heterocycles. The van der Waals surface area contributed by atoms with E-state index in [4.69, 9.17) is 0 Å². The van der Waals surface area contributed by atoms with Crippen molar-refractivity contribution in [2.24, 2.45) is 0 Å². The van der Waals surface area contributed by atoms with Gasteiger partial charge in [0.25, 0.3) is 0 Å². The van der Waals surface area contributed by atoms with Gasteiger partial charge in [-0.3, -0.25) is 0 Å². The van der Waals surface area contributed by atoms with E-state index in [1.807, 2.05) is 6.07 Å². The Morgan fingerprint density at radius 2 is 2.24 bits per heavy atom. The molecule has 2 aromatic heterocycles. The lowest BCUT2D eigenvalue weighted by Crippen LogP contribution is -2.42. The number of nitrogens with one attached hydrogen (secondary N) is 2. The second-order valence-electron chi connectivity index (χ2n) is 4.57. The van der Waals surface area contributed by atoms with Gasteiger partial charge in [0.2, 0.25) is 0 Å². The van der Waals surface area contributed by atoms with E-state index < -0.39 is 0 Å². The van der Waals surface area contributed by atoms with Crippen LogP contribution < -0.4 is 10.9 Å². The standard InChI is InChI=1S/C13H16N4/c1-3-13(2)11-7-5-9-17(11)10-6-4-8-14-12(10)15-16-13/h4-9,16H,3H2,1-2H3,(H,14,15)/t13-/m0/s1. The quantitative estimate of drug-likeness (QED) is 0.787. The second kappa shape index (κ2) is 3.60. The lowest BCUT2D eigenvalue weighted by Gasteiger charge is -2.28. The van der Waals surface area contributed by atoms with Crippen molar-refractivity contribution in [2.75, 3.05) is 5.43 Å². The molecule has 0 spiro atoms. The number of nitrogens with zero attached hydrogens (tertiary/aromatic N) is 2. The molecule has 3 rings (SSSR count). The van der Waals surface area contributed by atoms with Crippen LogP contribution in [0.15, 0.2) is 36.7 Å². The lowest BCUT2D eigenvalue weighted by atomic mass is 9.95. The number of hydrogen-bond acceptors (Lipinski definition) is 3. The Morgan fingerprint density at radius 1 is 1.35 bits per heavy atom. The Hall–Kier alpha value is -1.81. The molecule has 0 saturated carbocycles. The molecule has 0 aliphatic carbocycles. The summed E-state index contributed by atoms with van der Waals surface area (Å²) in [7, 11) is 0. The van der Waals surface area contributed by atoms with Crippen molar-refractivity contribution in [2.45, 2.75) is 25.8 Å². The van der Waals surface area contributed by atoms with E-state index in [0.29, 0.717) is 0 Å². The molecule has 1 atom stereocenters. The van der Waals surface area contributed by atoms with E-state index in [0.717, 1.165) is 17.9 Å². The van der Waals surface area contributed by atoms with E-state index in [9.17, 15) is 0 Å². The molecule has 17 heavy (non-hydrogen) atoms. The highest BCUT2D eigenvalue weighted by Crippen LogP contribution is 2.32. The molecule has 0 aromatic carbocycles. The van der Waals surface area contributed by atoms with Crippen molar-refractivity contribution < 1.29 is 0 Å². The highest BCUT2D eigenvalue weighted by Gasteiger charge is 2.30. The summed E-state index contributed by atoms with van der Waals surface area (Å²) in [5.74, 6) is 0.863. The van der Waals surface area contributed by atoms with Crippen LogP contribution in [-0.2, 0) is 5.54 Å². The molecule has 0 amide bonds. The Labute approximate surface area is 101 Å². The van der Waals surface area contributed by atoms with Crippen molar-refractivity contribution in [3.05, 3.63) is 42.4 Å². The molecule has 0 unspecified atom stereocenters. The molecule has 1 aliphatic heterocycles. The molecule has 0 bridgehead atoms. The van der Waals surface area contributed by atoms with Crippen LogP contribution in [0, 0.1) is 0 Å². The lowest BCUT2D eigenvalue weighted by molar-refractivity contribution is 0.372. The molecule has 3 heterocycles. The average Bonchev–Trinajstić information content (AvgIpc) is 2.82. The average molecular weight is 228 g/mol. The maximum atomic E-state index is 4.36. The first-order valence-electron chi connectivity index (χ1n) is 5.91. The summed E-state index contributed by atoms with van der Waals surface area (Å²) in [6.07, 6.45) is 4.88. The first-order valence-corrected chi connectivity index (χ1v) is 5.91. The van der Waals surface area contributed by atoms with E-state index in [1.54, 1.807) is 6.20 Å². The van der Waals surface area contributed by atoms with E-state index in [-0.39, 0.29) is 5.54 Å². The molecule has 2 aromatic rings. The second-order valence-corrected chi connectivity index (χ2v) is 4.57. The summed E-state index contributed by atoms with van der Waals surface area (Å²) in [5.41, 5.74) is 8.83. The number of hydrazine groups is 1. The van der Waals surface area contributed by atoms with Gasteiger partial charge in [0.05, 0.1) is 11.2 Å². The number of aromatic nitrogens is 2. The van der Waals surface area contributed by atoms with Crippen LogP contribution in [0.4, 0.5) is 5.82 Å². The zero-order valence-corrected chi connectivity index (χ0v) is 10.1. The van der Waals surface area contributed by atoms with Gasteiger partial charge >= 0.3 is 0 Å². The normalized spacial score (nSPS) is 22.2. The minimum atomic E-state index is -0.0931. The van der Waals surface area contributed by atoms with Crippen molar-refractivity contribution in [3.8, 4) is 5.69 Å². The van der Waals surface area contributed by atoms with Gasteiger partial charge in [-0.25, -0.2) is 10.4 Å². The fourth-order valence-corrected chi connectivity index (χ4v) is 2.26. The van der Waals surface area contributed by atoms with Gasteiger partial charge in [0, 0.05) is 18.1 Å². The van der Waals surface area contributed by atoms with Gasteiger partial charge in [-0.2, -0.15) is 0 Å². The van der Waals surface area contributed by atoms with Crippen molar-refractivity contribution >= 4 is 5.82 Å². The molecule has 4 heteroatoms. The first kappa shape index (κ1) is 10.4. The third-order valence-corrected chi connectivity index (χ3v) is 3.52. The summed E-state index contributed by atoms with van der Waals surface area (Å²) >= 11 is 0. The van der Waals surface area contributed by atoms with Crippen molar-refractivity contribution in [3.63, 3.8) is 0 Å². The third-order valence-electron chi connectivity index (χ3n) is 3.52. The largest absolute Gasteiger partial charge is 0.316 e. The van der Waals surface area contributed by atoms with E-state index in [2.05, 4.69) is 58.6 Å². The van der Waals surface area contributed by atoms with Gasteiger partial charge in [-0.05, 0) is 37.6 Å². The van der Waals surface area contributed by atoms with E-state index >= 15 is 0 Å². The van der Waals surface area contributed by atoms with E-state index in [1.165, 1.54) is 5.69 Å². The predicted octanol–water partition coefficient (Wildman–Crippen LogP) is 2.43. The number of rotatable bonds is 1. The zero-order chi connectivity index (χ0) is 11.9. The van der Waals surface area contributed by atoms with Crippen LogP contribution in [0.5, 0.6) is 0 Å². The number of hydrogen-bond donors (Lipinski definition) is 2. The maximum absolute atomic E-state index is 4.36. The Bertz CT molecular complexity index is 546. The molecule has 88 valence electrons. The zero-order valence-electron chi connectivity index (χ0n) is 10.1. The Balaban J connectivity index is 2.25. The minimum Gasteiger partial charge on any atom is -0.316 e. The molecule has 0 radical (unpaired) electrons. The van der Waals surface area contributed by atoms with Gasteiger partial charge in [0.1, 0.15) is 0 Å². The highest BCUT2D eigenvalue weighted by molar-refractivity contribution is 5.57. The predicted molar refractivity (Wildman–Crippen MR) is 68.0 cm³/mol. The number of anilines is 1. The van der Waals surface area contributed by atoms with Crippen LogP contribution in [0.3, 0.4) is 0 Å². The SMILES string of the molecule is CC[C@]1(C)NNc2ncccc2-n2cccc21. The Kier molecular flexibility index (Phi) is 2.19. The highest BCUT2D eigenvalue weighted by atomic mass is 15.4. The molecule has 2 N–H and O–H groups in total. The first-order chi connectivity index (χ1) is 8.24. The fourth-order valence-electron chi connectivity index (χ4n) is 2.26. The summed E-state index contributed by atoms with van der Waals surface area (Å²) in [4.78, 5) is 4.36. The summed E-state index contributed by atoms with van der Waals surface area (Å²) in [6.45, 7) is 4.37. The molecule has 1 aliphatic rings. The number of fused-ring (bicyclic) bond motifs is 3. The van der Waals surface area contributed by atoms with Gasteiger partial charge in [0.15, 0.2) is 5.82 Å². The monoisotopic (exact) mass is 228 g/mol. The van der Waals surface area contributed by atoms with Gasteiger partial charge in [-0.1, -0.05) is 6.92 Å². The Morgan fingerprint density at radius 3 is 3.06 bits per heavy atom. The van der Waals surface area contributed by atoms with Crippen molar-refractivity contribution in [1.82, 2.24) is 15.0 Å². The van der Waals surface area contributed by atoms with Gasteiger partial charge in [-0.15, -0.1) is 0 Å². The van der Waals surface area contributed by atoms with Crippen LogP contribution in [-0.4, -0.2) is 9.55 Å². The maximum Gasteiger partial charge on any atom is 0.164 e.